The second kappa shape index (κ2) is 6.05. The van der Waals surface area contributed by atoms with E-state index in [9.17, 15) is 0 Å². The average Bonchev–Trinajstić information content (AvgIpc) is 2.43. The Labute approximate surface area is 126 Å². The highest BCUT2D eigenvalue weighted by Gasteiger charge is 2.12. The van der Waals surface area contributed by atoms with Gasteiger partial charge in [0.2, 0.25) is 0 Å². The molecule has 20 heavy (non-hydrogen) atoms. The summed E-state index contributed by atoms with van der Waals surface area (Å²) in [5.41, 5.74) is 7.60. The minimum atomic E-state index is 0.482. The van der Waals surface area contributed by atoms with Crippen LogP contribution in [-0.4, -0.2) is 14.2 Å². The lowest BCUT2D eigenvalue weighted by molar-refractivity contribution is 0.352. The van der Waals surface area contributed by atoms with E-state index in [0.29, 0.717) is 28.7 Å². The highest BCUT2D eigenvalue weighted by atomic mass is 79.9. The first kappa shape index (κ1) is 14.5. The van der Waals surface area contributed by atoms with Crippen LogP contribution in [0.1, 0.15) is 5.56 Å². The summed E-state index contributed by atoms with van der Waals surface area (Å²) < 4.78 is 17.1. The number of hydrogen-bond acceptors (Lipinski definition) is 4. The lowest BCUT2D eigenvalue weighted by Gasteiger charge is -2.14. The number of rotatable bonds is 4. The van der Waals surface area contributed by atoms with Crippen LogP contribution in [0, 0.1) is 6.92 Å². The quantitative estimate of drug-likeness (QED) is 0.851. The van der Waals surface area contributed by atoms with Crippen molar-refractivity contribution in [2.75, 3.05) is 20.0 Å². The predicted octanol–water partition coefficient (Wildman–Crippen LogP) is 4.15. The lowest BCUT2D eigenvalue weighted by Crippen LogP contribution is -1.97. The first-order valence-corrected chi connectivity index (χ1v) is 6.80. The van der Waals surface area contributed by atoms with Gasteiger partial charge in [0.05, 0.1) is 24.4 Å². The Kier molecular flexibility index (Phi) is 4.39. The van der Waals surface area contributed by atoms with Gasteiger partial charge < -0.3 is 19.9 Å². The summed E-state index contributed by atoms with van der Waals surface area (Å²) >= 11 is 3.47. The molecule has 106 valence electrons. The van der Waals surface area contributed by atoms with Crippen LogP contribution in [0.3, 0.4) is 0 Å². The van der Waals surface area contributed by atoms with Crippen LogP contribution < -0.4 is 19.9 Å². The molecule has 0 fully saturated rings. The largest absolute Gasteiger partial charge is 0.493 e. The average molecular weight is 338 g/mol. The van der Waals surface area contributed by atoms with Crippen LogP contribution in [0.5, 0.6) is 23.0 Å². The van der Waals surface area contributed by atoms with Crippen molar-refractivity contribution in [3.05, 3.63) is 40.4 Å². The number of nitrogens with two attached hydrogens (primary N) is 1. The van der Waals surface area contributed by atoms with Crippen LogP contribution in [-0.2, 0) is 0 Å². The molecule has 0 saturated heterocycles. The number of hydrogen-bond donors (Lipinski definition) is 1. The number of anilines is 1. The van der Waals surface area contributed by atoms with E-state index in [1.807, 2.05) is 25.1 Å². The van der Waals surface area contributed by atoms with Crippen LogP contribution in [0.15, 0.2) is 34.8 Å². The zero-order chi connectivity index (χ0) is 14.7. The zero-order valence-corrected chi connectivity index (χ0v) is 13.2. The molecule has 2 aromatic rings. The maximum Gasteiger partial charge on any atom is 0.164 e. The maximum absolute atomic E-state index is 5.97. The Balaban J connectivity index is 2.38. The topological polar surface area (TPSA) is 53.7 Å². The first-order chi connectivity index (χ1) is 9.55. The molecule has 0 aliphatic carbocycles. The fraction of sp³-hybridized carbons (Fsp3) is 0.200. The number of methoxy groups -OCH3 is 2. The van der Waals surface area contributed by atoms with E-state index in [1.165, 1.54) is 0 Å². The van der Waals surface area contributed by atoms with Crippen molar-refractivity contribution in [3.8, 4) is 23.0 Å². The molecule has 0 unspecified atom stereocenters. The summed E-state index contributed by atoms with van der Waals surface area (Å²) in [6.45, 7) is 2.01. The number of nitrogen functional groups attached to an aromatic ring is 1. The number of aryl methyl sites for hydroxylation is 1. The van der Waals surface area contributed by atoms with Crippen molar-refractivity contribution in [1.82, 2.24) is 0 Å². The van der Waals surface area contributed by atoms with E-state index in [-0.39, 0.29) is 0 Å². The number of halogens is 1. The molecule has 5 heteroatoms. The van der Waals surface area contributed by atoms with Gasteiger partial charge in [0.25, 0.3) is 0 Å². The molecule has 0 bridgehead atoms. The molecular weight excluding hydrogens is 322 g/mol. The van der Waals surface area contributed by atoms with E-state index in [0.717, 1.165) is 10.0 Å². The third kappa shape index (κ3) is 2.99. The van der Waals surface area contributed by atoms with Crippen LogP contribution in [0.4, 0.5) is 5.69 Å². The van der Waals surface area contributed by atoms with Gasteiger partial charge in [-0.25, -0.2) is 0 Å². The van der Waals surface area contributed by atoms with Crippen LogP contribution >= 0.6 is 15.9 Å². The second-order valence-electron chi connectivity index (χ2n) is 4.28. The summed E-state index contributed by atoms with van der Waals surface area (Å²) in [5, 5.41) is 0. The Hall–Kier alpha value is -1.88. The fourth-order valence-corrected chi connectivity index (χ4v) is 2.35. The van der Waals surface area contributed by atoms with Crippen molar-refractivity contribution in [1.29, 1.82) is 0 Å². The minimum Gasteiger partial charge on any atom is -0.493 e. The SMILES string of the molecule is COc1cc(N)c(Oc2ccc(C)cc2Br)cc1OC. The van der Waals surface area contributed by atoms with Gasteiger partial charge in [-0.1, -0.05) is 6.07 Å². The Morgan fingerprint density at radius 2 is 1.55 bits per heavy atom. The summed E-state index contributed by atoms with van der Waals surface area (Å²) in [6.07, 6.45) is 0. The third-order valence-electron chi connectivity index (χ3n) is 2.82. The van der Waals surface area contributed by atoms with Gasteiger partial charge in [-0.15, -0.1) is 0 Å². The van der Waals surface area contributed by atoms with Gasteiger partial charge in [0, 0.05) is 12.1 Å². The Bertz CT molecular complexity index is 629. The zero-order valence-electron chi connectivity index (χ0n) is 11.6. The normalized spacial score (nSPS) is 10.2. The van der Waals surface area contributed by atoms with Crippen molar-refractivity contribution in [3.63, 3.8) is 0 Å². The van der Waals surface area contributed by atoms with Gasteiger partial charge in [-0.05, 0) is 40.5 Å². The Morgan fingerprint density at radius 3 is 2.15 bits per heavy atom. The van der Waals surface area contributed by atoms with E-state index < -0.39 is 0 Å². The molecular formula is C15H16BrNO3. The third-order valence-corrected chi connectivity index (χ3v) is 3.44. The summed E-state index contributed by atoms with van der Waals surface area (Å²) in [4.78, 5) is 0. The van der Waals surface area contributed by atoms with Gasteiger partial charge in [0.15, 0.2) is 17.2 Å². The molecule has 0 aliphatic heterocycles. The molecule has 2 aromatic carbocycles. The molecule has 0 spiro atoms. The molecule has 0 heterocycles. The molecule has 0 atom stereocenters. The molecule has 2 N–H and O–H groups in total. The van der Waals surface area contributed by atoms with Crippen molar-refractivity contribution in [2.45, 2.75) is 6.92 Å². The van der Waals surface area contributed by atoms with Crippen molar-refractivity contribution >= 4 is 21.6 Å². The molecule has 2 rings (SSSR count). The summed E-state index contributed by atoms with van der Waals surface area (Å²) in [5.74, 6) is 2.35. The highest BCUT2D eigenvalue weighted by molar-refractivity contribution is 9.10. The van der Waals surface area contributed by atoms with Crippen LogP contribution in [0.25, 0.3) is 0 Å². The summed E-state index contributed by atoms with van der Waals surface area (Å²) in [7, 11) is 3.13. The molecule has 0 amide bonds. The predicted molar refractivity (Wildman–Crippen MR) is 82.9 cm³/mol. The molecule has 4 nitrogen and oxygen atoms in total. The monoisotopic (exact) mass is 337 g/mol. The van der Waals surface area contributed by atoms with Crippen molar-refractivity contribution < 1.29 is 14.2 Å². The van der Waals surface area contributed by atoms with Gasteiger partial charge in [-0.2, -0.15) is 0 Å². The van der Waals surface area contributed by atoms with E-state index in [4.69, 9.17) is 19.9 Å². The lowest BCUT2D eigenvalue weighted by atomic mass is 10.2. The molecule has 0 saturated carbocycles. The van der Waals surface area contributed by atoms with E-state index >= 15 is 0 Å². The number of ether oxygens (including phenoxy) is 3. The summed E-state index contributed by atoms with van der Waals surface area (Å²) in [6, 6.07) is 9.22. The van der Waals surface area contributed by atoms with Gasteiger partial charge in [0.1, 0.15) is 5.75 Å². The number of benzene rings is 2. The fourth-order valence-electron chi connectivity index (χ4n) is 1.77. The van der Waals surface area contributed by atoms with Gasteiger partial charge in [-0.3, -0.25) is 0 Å². The first-order valence-electron chi connectivity index (χ1n) is 6.00. The van der Waals surface area contributed by atoms with Crippen molar-refractivity contribution in [2.24, 2.45) is 0 Å². The minimum absolute atomic E-state index is 0.482. The van der Waals surface area contributed by atoms with Gasteiger partial charge >= 0.3 is 0 Å². The Morgan fingerprint density at radius 1 is 0.900 bits per heavy atom. The van der Waals surface area contributed by atoms with E-state index in [1.54, 1.807) is 26.4 Å². The molecule has 0 aliphatic rings. The molecule has 0 radical (unpaired) electrons. The standard InChI is InChI=1S/C15H16BrNO3/c1-9-4-5-12(10(16)6-9)20-13-8-15(19-3)14(18-2)7-11(13)17/h4-8H,17H2,1-3H3. The van der Waals surface area contributed by atoms with E-state index in [2.05, 4.69) is 15.9 Å². The smallest absolute Gasteiger partial charge is 0.164 e. The van der Waals surface area contributed by atoms with Crippen LogP contribution in [0.2, 0.25) is 0 Å². The maximum atomic E-state index is 5.97. The second-order valence-corrected chi connectivity index (χ2v) is 5.14. The highest BCUT2D eigenvalue weighted by Crippen LogP contribution is 2.39. The molecule has 0 aromatic heterocycles.